The Kier molecular flexibility index (Phi) is 3.71. The second-order valence-corrected chi connectivity index (χ2v) is 5.11. The fourth-order valence-corrected chi connectivity index (χ4v) is 2.73. The lowest BCUT2D eigenvalue weighted by Gasteiger charge is -2.05. The molecular formula is C13H14N2O3S. The van der Waals surface area contributed by atoms with Gasteiger partial charge in [-0.25, -0.2) is 4.79 Å². The van der Waals surface area contributed by atoms with E-state index >= 15 is 0 Å². The molecule has 0 spiro atoms. The number of carboxylic acids is 1. The first-order valence-corrected chi connectivity index (χ1v) is 6.64. The molecule has 19 heavy (non-hydrogen) atoms. The van der Waals surface area contributed by atoms with Crippen LogP contribution in [-0.4, -0.2) is 21.6 Å². The van der Waals surface area contributed by atoms with Crippen LogP contribution in [0.3, 0.4) is 0 Å². The van der Waals surface area contributed by atoms with Crippen LogP contribution in [0.25, 0.3) is 0 Å². The van der Waals surface area contributed by atoms with Crippen LogP contribution in [-0.2, 0) is 6.54 Å². The fraction of sp³-hybridized carbons (Fsp3) is 0.231. The molecular weight excluding hydrogens is 264 g/mol. The molecule has 0 aliphatic rings. The summed E-state index contributed by atoms with van der Waals surface area (Å²) in [6.45, 7) is 4.37. The van der Waals surface area contributed by atoms with E-state index in [0.29, 0.717) is 22.8 Å². The number of anilines is 1. The van der Waals surface area contributed by atoms with E-state index in [9.17, 15) is 9.59 Å². The smallest absolute Gasteiger partial charge is 0.346 e. The molecule has 0 atom stereocenters. The Balaban J connectivity index is 2.20. The number of amides is 1. The Labute approximate surface area is 114 Å². The number of aromatic nitrogens is 1. The van der Waals surface area contributed by atoms with Gasteiger partial charge in [0, 0.05) is 12.7 Å². The second-order valence-electron chi connectivity index (χ2n) is 4.06. The monoisotopic (exact) mass is 278 g/mol. The van der Waals surface area contributed by atoms with Crippen LogP contribution in [0.1, 0.15) is 32.6 Å². The molecule has 0 fully saturated rings. The Morgan fingerprint density at radius 2 is 2.21 bits per heavy atom. The van der Waals surface area contributed by atoms with Crippen LogP contribution >= 0.6 is 11.3 Å². The number of aromatic carboxylic acids is 1. The average Bonchev–Trinajstić information content (AvgIpc) is 2.95. The Morgan fingerprint density at radius 1 is 1.47 bits per heavy atom. The molecule has 0 unspecified atom stereocenters. The van der Waals surface area contributed by atoms with Gasteiger partial charge in [-0.2, -0.15) is 0 Å². The highest BCUT2D eigenvalue weighted by atomic mass is 32.1. The summed E-state index contributed by atoms with van der Waals surface area (Å²) >= 11 is 1.07. The third-order valence-electron chi connectivity index (χ3n) is 2.75. The molecule has 100 valence electrons. The number of carboxylic acid groups (broad SMARTS) is 1. The number of hydrogen-bond donors (Lipinski definition) is 2. The molecule has 5 nitrogen and oxygen atoms in total. The molecule has 0 aliphatic carbocycles. The van der Waals surface area contributed by atoms with Gasteiger partial charge in [0.2, 0.25) is 0 Å². The normalized spacial score (nSPS) is 10.4. The average molecular weight is 278 g/mol. The van der Waals surface area contributed by atoms with Crippen LogP contribution in [0.5, 0.6) is 0 Å². The summed E-state index contributed by atoms with van der Waals surface area (Å²) in [5.41, 5.74) is 1.21. The van der Waals surface area contributed by atoms with E-state index in [1.54, 1.807) is 25.1 Å². The van der Waals surface area contributed by atoms with E-state index in [1.807, 2.05) is 17.7 Å². The van der Waals surface area contributed by atoms with Gasteiger partial charge < -0.3 is 15.0 Å². The maximum absolute atomic E-state index is 12.1. The van der Waals surface area contributed by atoms with Crippen LogP contribution in [0.2, 0.25) is 0 Å². The highest BCUT2D eigenvalue weighted by molar-refractivity contribution is 7.18. The minimum atomic E-state index is -0.972. The minimum absolute atomic E-state index is 0.231. The zero-order valence-corrected chi connectivity index (χ0v) is 11.5. The highest BCUT2D eigenvalue weighted by Crippen LogP contribution is 2.27. The largest absolute Gasteiger partial charge is 0.477 e. The van der Waals surface area contributed by atoms with Crippen molar-refractivity contribution in [1.82, 2.24) is 4.57 Å². The predicted molar refractivity (Wildman–Crippen MR) is 74.1 cm³/mol. The van der Waals surface area contributed by atoms with Gasteiger partial charge in [0.1, 0.15) is 10.6 Å². The van der Waals surface area contributed by atoms with Gasteiger partial charge in [-0.05, 0) is 37.6 Å². The summed E-state index contributed by atoms with van der Waals surface area (Å²) in [4.78, 5) is 23.3. The van der Waals surface area contributed by atoms with Gasteiger partial charge in [0.15, 0.2) is 0 Å². The Hall–Kier alpha value is -2.08. The zero-order chi connectivity index (χ0) is 14.0. The van der Waals surface area contributed by atoms with Crippen LogP contribution in [0.4, 0.5) is 5.00 Å². The molecule has 2 N–H and O–H groups in total. The van der Waals surface area contributed by atoms with Crippen molar-refractivity contribution in [2.45, 2.75) is 20.4 Å². The van der Waals surface area contributed by atoms with Crippen molar-refractivity contribution >= 4 is 28.2 Å². The lowest BCUT2D eigenvalue weighted by molar-refractivity contribution is 0.0701. The number of hydrogen-bond acceptors (Lipinski definition) is 3. The Bertz CT molecular complexity index is 628. The zero-order valence-electron chi connectivity index (χ0n) is 10.6. The van der Waals surface area contributed by atoms with E-state index in [1.165, 1.54) is 0 Å². The first-order valence-electron chi connectivity index (χ1n) is 5.83. The number of nitrogens with one attached hydrogen (secondary N) is 1. The second kappa shape index (κ2) is 5.27. The summed E-state index contributed by atoms with van der Waals surface area (Å²) < 4.78 is 1.83. The summed E-state index contributed by atoms with van der Waals surface area (Å²) in [7, 11) is 0. The van der Waals surface area contributed by atoms with Crippen LogP contribution < -0.4 is 5.32 Å². The lowest BCUT2D eigenvalue weighted by Crippen LogP contribution is -2.15. The standard InChI is InChI=1S/C13H14N2O3S/c1-3-15-6-4-5-9(15)12(16)14-10-7-8(2)11(19-10)13(17)18/h4-7H,3H2,1-2H3,(H,14,16)(H,17,18). The molecule has 6 heteroatoms. The summed E-state index contributed by atoms with van der Waals surface area (Å²) in [6.07, 6.45) is 1.83. The van der Waals surface area contributed by atoms with E-state index < -0.39 is 5.97 Å². The van der Waals surface area contributed by atoms with Gasteiger partial charge >= 0.3 is 5.97 Å². The van der Waals surface area contributed by atoms with Crippen molar-refractivity contribution in [3.63, 3.8) is 0 Å². The van der Waals surface area contributed by atoms with Gasteiger partial charge in [-0.3, -0.25) is 4.79 Å². The van der Waals surface area contributed by atoms with Crippen molar-refractivity contribution < 1.29 is 14.7 Å². The van der Waals surface area contributed by atoms with Gasteiger partial charge in [0.05, 0.1) is 5.00 Å². The number of rotatable bonds is 4. The van der Waals surface area contributed by atoms with Gasteiger partial charge in [-0.1, -0.05) is 0 Å². The number of aryl methyl sites for hydroxylation is 2. The number of carbonyl (C=O) groups is 2. The molecule has 2 heterocycles. The number of carbonyl (C=O) groups excluding carboxylic acids is 1. The summed E-state index contributed by atoms with van der Waals surface area (Å²) in [5.74, 6) is -1.20. The molecule has 0 aromatic carbocycles. The summed E-state index contributed by atoms with van der Waals surface area (Å²) in [6, 6.07) is 5.21. The van der Waals surface area contributed by atoms with Gasteiger partial charge in [-0.15, -0.1) is 11.3 Å². The minimum Gasteiger partial charge on any atom is -0.477 e. The van der Waals surface area contributed by atoms with Crippen molar-refractivity contribution in [3.05, 3.63) is 40.5 Å². The Morgan fingerprint density at radius 3 is 2.79 bits per heavy atom. The van der Waals surface area contributed by atoms with E-state index in [2.05, 4.69) is 5.32 Å². The van der Waals surface area contributed by atoms with Crippen molar-refractivity contribution in [1.29, 1.82) is 0 Å². The van der Waals surface area contributed by atoms with E-state index in [-0.39, 0.29) is 10.8 Å². The van der Waals surface area contributed by atoms with Crippen molar-refractivity contribution in [2.24, 2.45) is 0 Å². The number of nitrogens with zero attached hydrogens (tertiary/aromatic N) is 1. The molecule has 2 aromatic rings. The molecule has 1 amide bonds. The maximum atomic E-state index is 12.1. The van der Waals surface area contributed by atoms with Crippen LogP contribution in [0, 0.1) is 6.92 Å². The molecule has 0 bridgehead atoms. The third kappa shape index (κ3) is 2.68. The highest BCUT2D eigenvalue weighted by Gasteiger charge is 2.15. The van der Waals surface area contributed by atoms with E-state index in [4.69, 9.17) is 5.11 Å². The topological polar surface area (TPSA) is 71.3 Å². The summed E-state index contributed by atoms with van der Waals surface area (Å²) in [5, 5.41) is 12.2. The van der Waals surface area contributed by atoms with Crippen molar-refractivity contribution in [2.75, 3.05) is 5.32 Å². The SMILES string of the molecule is CCn1cccc1C(=O)Nc1cc(C)c(C(=O)O)s1. The molecule has 0 radical (unpaired) electrons. The first kappa shape index (κ1) is 13.4. The third-order valence-corrected chi connectivity index (χ3v) is 3.89. The van der Waals surface area contributed by atoms with E-state index in [0.717, 1.165) is 11.3 Å². The van der Waals surface area contributed by atoms with Crippen molar-refractivity contribution in [3.8, 4) is 0 Å². The quantitative estimate of drug-likeness (QED) is 0.903. The lowest BCUT2D eigenvalue weighted by atomic mass is 10.3. The predicted octanol–water partition coefficient (Wildman–Crippen LogP) is 2.83. The first-order chi connectivity index (χ1) is 9.02. The van der Waals surface area contributed by atoms with Crippen LogP contribution in [0.15, 0.2) is 24.4 Å². The molecule has 0 aliphatic heterocycles. The number of thiophene rings is 1. The van der Waals surface area contributed by atoms with Gasteiger partial charge in [0.25, 0.3) is 5.91 Å². The fourth-order valence-electron chi connectivity index (χ4n) is 1.83. The molecule has 0 saturated carbocycles. The maximum Gasteiger partial charge on any atom is 0.346 e. The molecule has 2 rings (SSSR count). The molecule has 0 saturated heterocycles. The molecule has 2 aromatic heterocycles.